The Hall–Kier alpha value is -1.62. The number of benzene rings is 1. The highest BCUT2D eigenvalue weighted by atomic mass is 19.1. The van der Waals surface area contributed by atoms with E-state index in [0.717, 1.165) is 56.9 Å². The zero-order valence-electron chi connectivity index (χ0n) is 15.1. The summed E-state index contributed by atoms with van der Waals surface area (Å²) in [6.45, 7) is 0.522. The van der Waals surface area contributed by atoms with Crippen molar-refractivity contribution >= 4 is 6.09 Å². The summed E-state index contributed by atoms with van der Waals surface area (Å²) in [5.41, 5.74) is 1.09. The van der Waals surface area contributed by atoms with Crippen molar-refractivity contribution in [3.05, 3.63) is 35.6 Å². The first-order chi connectivity index (χ1) is 12.6. The fourth-order valence-corrected chi connectivity index (χ4v) is 5.41. The zero-order valence-corrected chi connectivity index (χ0v) is 15.1. The molecule has 2 aliphatic carbocycles. The molecule has 26 heavy (non-hydrogen) atoms. The van der Waals surface area contributed by atoms with Crippen molar-refractivity contribution in [1.82, 2.24) is 4.90 Å². The minimum atomic E-state index is -0.789. The van der Waals surface area contributed by atoms with E-state index in [9.17, 15) is 14.3 Å². The molecule has 5 heteroatoms. The van der Waals surface area contributed by atoms with Gasteiger partial charge in [-0.2, -0.15) is 0 Å². The van der Waals surface area contributed by atoms with Gasteiger partial charge in [0.05, 0.1) is 18.8 Å². The molecule has 0 bridgehead atoms. The summed E-state index contributed by atoms with van der Waals surface area (Å²) in [5.74, 6) is 0.775. The maximum atomic E-state index is 13.4. The van der Waals surface area contributed by atoms with E-state index in [1.165, 1.54) is 6.07 Å². The van der Waals surface area contributed by atoms with Crippen molar-refractivity contribution in [1.29, 1.82) is 0 Å². The molecule has 4 rings (SSSR count). The highest BCUT2D eigenvalue weighted by Crippen LogP contribution is 2.42. The van der Waals surface area contributed by atoms with E-state index < -0.39 is 6.09 Å². The fourth-order valence-electron chi connectivity index (χ4n) is 5.41. The third kappa shape index (κ3) is 3.59. The molecule has 142 valence electrons. The number of likely N-dealkylation sites (tertiary alicyclic amines) is 1. The van der Waals surface area contributed by atoms with Crippen molar-refractivity contribution in [2.24, 2.45) is 5.92 Å². The van der Waals surface area contributed by atoms with Gasteiger partial charge in [0.25, 0.3) is 0 Å². The van der Waals surface area contributed by atoms with Crippen molar-refractivity contribution in [3.8, 4) is 0 Å². The molecule has 1 heterocycles. The molecule has 2 saturated carbocycles. The van der Waals surface area contributed by atoms with Crippen LogP contribution in [-0.4, -0.2) is 40.9 Å². The number of hydrogen-bond acceptors (Lipinski definition) is 2. The maximum absolute atomic E-state index is 13.4. The van der Waals surface area contributed by atoms with Gasteiger partial charge in [0.15, 0.2) is 0 Å². The smallest absolute Gasteiger partial charge is 0.407 e. The van der Waals surface area contributed by atoms with Crippen LogP contribution in [-0.2, 0) is 4.74 Å². The Balaban J connectivity index is 1.28. The lowest BCUT2D eigenvalue weighted by molar-refractivity contribution is -0.00515. The van der Waals surface area contributed by atoms with Gasteiger partial charge >= 0.3 is 6.09 Å². The lowest BCUT2D eigenvalue weighted by Crippen LogP contribution is -2.43. The highest BCUT2D eigenvalue weighted by Gasteiger charge is 2.46. The van der Waals surface area contributed by atoms with Crippen LogP contribution < -0.4 is 0 Å². The van der Waals surface area contributed by atoms with Crippen LogP contribution in [0.15, 0.2) is 24.3 Å². The van der Waals surface area contributed by atoms with Gasteiger partial charge < -0.3 is 9.84 Å². The lowest BCUT2D eigenvalue weighted by atomic mass is 9.83. The summed E-state index contributed by atoms with van der Waals surface area (Å²) >= 11 is 0. The van der Waals surface area contributed by atoms with Crippen LogP contribution in [0, 0.1) is 11.7 Å². The van der Waals surface area contributed by atoms with Crippen LogP contribution in [0.3, 0.4) is 0 Å². The summed E-state index contributed by atoms with van der Waals surface area (Å²) in [5, 5.41) is 9.59. The zero-order chi connectivity index (χ0) is 18.1. The van der Waals surface area contributed by atoms with E-state index >= 15 is 0 Å². The SMILES string of the molecule is O=C(O)N1C(COC2CCC(c3cccc(F)c3)CC2)CC2CCCC21. The van der Waals surface area contributed by atoms with Crippen molar-refractivity contribution in [3.63, 3.8) is 0 Å². The second-order valence-corrected chi connectivity index (χ2v) is 8.20. The van der Waals surface area contributed by atoms with E-state index in [0.29, 0.717) is 18.4 Å². The summed E-state index contributed by atoms with van der Waals surface area (Å²) in [4.78, 5) is 13.3. The largest absolute Gasteiger partial charge is 0.465 e. The quantitative estimate of drug-likeness (QED) is 0.839. The number of carboxylic acid groups (broad SMARTS) is 1. The van der Waals surface area contributed by atoms with Gasteiger partial charge in [0, 0.05) is 6.04 Å². The maximum Gasteiger partial charge on any atom is 0.407 e. The normalized spacial score (nSPS) is 34.0. The van der Waals surface area contributed by atoms with Crippen LogP contribution >= 0.6 is 0 Å². The molecule has 1 amide bonds. The minimum Gasteiger partial charge on any atom is -0.465 e. The molecule has 1 saturated heterocycles. The van der Waals surface area contributed by atoms with E-state index in [4.69, 9.17) is 4.74 Å². The predicted molar refractivity (Wildman–Crippen MR) is 96.7 cm³/mol. The third-order valence-electron chi connectivity index (χ3n) is 6.68. The van der Waals surface area contributed by atoms with Crippen LogP contribution in [0.1, 0.15) is 62.8 Å². The molecule has 0 aromatic heterocycles. The molecule has 0 radical (unpaired) electrons. The van der Waals surface area contributed by atoms with Crippen LogP contribution in [0.2, 0.25) is 0 Å². The van der Waals surface area contributed by atoms with Gasteiger partial charge in [-0.3, -0.25) is 4.90 Å². The van der Waals surface area contributed by atoms with Crippen LogP contribution in [0.4, 0.5) is 9.18 Å². The number of amides is 1. The number of fused-ring (bicyclic) bond motifs is 1. The summed E-state index contributed by atoms with van der Waals surface area (Å²) < 4.78 is 19.6. The topological polar surface area (TPSA) is 49.8 Å². The van der Waals surface area contributed by atoms with E-state index in [1.54, 1.807) is 17.0 Å². The van der Waals surface area contributed by atoms with E-state index in [1.807, 2.05) is 6.07 Å². The summed E-state index contributed by atoms with van der Waals surface area (Å²) in [6, 6.07) is 7.16. The van der Waals surface area contributed by atoms with E-state index in [-0.39, 0.29) is 24.0 Å². The Morgan fingerprint density at radius 3 is 2.73 bits per heavy atom. The molecule has 3 aliphatic rings. The van der Waals surface area contributed by atoms with Crippen molar-refractivity contribution in [2.45, 2.75) is 75.5 Å². The van der Waals surface area contributed by atoms with Crippen LogP contribution in [0.5, 0.6) is 0 Å². The Kier molecular flexibility index (Phi) is 5.16. The monoisotopic (exact) mass is 361 g/mol. The molecule has 1 aliphatic heterocycles. The average Bonchev–Trinajstić information content (AvgIpc) is 3.20. The lowest BCUT2D eigenvalue weighted by Gasteiger charge is -2.31. The molecular weight excluding hydrogens is 333 g/mol. The first-order valence-corrected chi connectivity index (χ1v) is 10.00. The summed E-state index contributed by atoms with van der Waals surface area (Å²) in [6.07, 6.45) is 7.63. The Labute approximate surface area is 154 Å². The molecule has 1 aromatic carbocycles. The Bertz CT molecular complexity index is 644. The number of hydrogen-bond donors (Lipinski definition) is 1. The molecule has 4 nitrogen and oxygen atoms in total. The molecule has 3 fully saturated rings. The Morgan fingerprint density at radius 1 is 1.19 bits per heavy atom. The molecular formula is C21H28FNO3. The van der Waals surface area contributed by atoms with Gasteiger partial charge in [-0.05, 0) is 74.5 Å². The van der Waals surface area contributed by atoms with E-state index in [2.05, 4.69) is 0 Å². The van der Waals surface area contributed by atoms with Gasteiger partial charge in [-0.1, -0.05) is 18.6 Å². The number of halogens is 1. The number of carbonyl (C=O) groups is 1. The fraction of sp³-hybridized carbons (Fsp3) is 0.667. The molecule has 1 N–H and O–H groups in total. The van der Waals surface area contributed by atoms with Gasteiger partial charge in [0.1, 0.15) is 5.82 Å². The molecule has 1 aromatic rings. The first-order valence-electron chi connectivity index (χ1n) is 10.00. The first kappa shape index (κ1) is 17.8. The number of rotatable bonds is 4. The summed E-state index contributed by atoms with van der Waals surface area (Å²) in [7, 11) is 0. The van der Waals surface area contributed by atoms with Crippen LogP contribution in [0.25, 0.3) is 0 Å². The Morgan fingerprint density at radius 2 is 2.00 bits per heavy atom. The molecule has 0 spiro atoms. The third-order valence-corrected chi connectivity index (χ3v) is 6.68. The number of nitrogens with zero attached hydrogens (tertiary/aromatic N) is 1. The van der Waals surface area contributed by atoms with Crippen molar-refractivity contribution in [2.75, 3.05) is 6.61 Å². The highest BCUT2D eigenvalue weighted by molar-refractivity contribution is 5.66. The standard InChI is InChI=1S/C21H28FNO3/c22-17-5-1-3-15(11-17)14-7-9-19(10-8-14)26-13-18-12-16-4-2-6-20(16)23(18)21(24)25/h1,3,5,11,14,16,18-20H,2,4,6-10,12-13H2,(H,24,25). The second-order valence-electron chi connectivity index (χ2n) is 8.20. The molecule has 3 atom stereocenters. The number of ether oxygens (including phenoxy) is 1. The van der Waals surface area contributed by atoms with Gasteiger partial charge in [-0.25, -0.2) is 9.18 Å². The average molecular weight is 361 g/mol. The molecule has 3 unspecified atom stereocenters. The van der Waals surface area contributed by atoms with Gasteiger partial charge in [-0.15, -0.1) is 0 Å². The minimum absolute atomic E-state index is 0.0174. The second kappa shape index (κ2) is 7.55. The van der Waals surface area contributed by atoms with Gasteiger partial charge in [0.2, 0.25) is 0 Å². The predicted octanol–water partition coefficient (Wildman–Crippen LogP) is 4.79. The van der Waals surface area contributed by atoms with Crippen molar-refractivity contribution < 1.29 is 19.0 Å².